The zero-order valence-corrected chi connectivity index (χ0v) is 14.7. The fourth-order valence-electron chi connectivity index (χ4n) is 3.54. The van der Waals surface area contributed by atoms with Gasteiger partial charge in [0.15, 0.2) is 0 Å². The minimum Gasteiger partial charge on any atom is -0.435 e. The number of halogens is 2. The van der Waals surface area contributed by atoms with E-state index in [0.717, 1.165) is 37.9 Å². The maximum Gasteiger partial charge on any atom is 0.387 e. The number of aliphatic hydroxyl groups excluding tert-OH is 1. The lowest BCUT2D eigenvalue weighted by Gasteiger charge is -2.33. The first kappa shape index (κ1) is 18.8. The van der Waals surface area contributed by atoms with Gasteiger partial charge in [0.05, 0.1) is 6.10 Å². The van der Waals surface area contributed by atoms with Gasteiger partial charge < -0.3 is 14.7 Å². The van der Waals surface area contributed by atoms with Crippen LogP contribution in [0.2, 0.25) is 0 Å². The van der Waals surface area contributed by atoms with Crippen molar-refractivity contribution in [1.82, 2.24) is 4.90 Å². The van der Waals surface area contributed by atoms with Crippen molar-refractivity contribution in [3.8, 4) is 5.75 Å². The topological polar surface area (TPSA) is 32.7 Å². The van der Waals surface area contributed by atoms with Crippen molar-refractivity contribution in [2.24, 2.45) is 5.92 Å². The SMILES string of the molecule is OC(CN1CCC(Cc2ccccc2)CC1)c1ccc(OC(F)F)cc1. The molecule has 1 N–H and O–H groups in total. The van der Waals surface area contributed by atoms with Crippen molar-refractivity contribution in [2.45, 2.75) is 32.0 Å². The number of aliphatic hydroxyl groups is 1. The fourth-order valence-corrected chi connectivity index (χ4v) is 3.54. The Hall–Kier alpha value is -1.98. The zero-order chi connectivity index (χ0) is 18.4. The van der Waals surface area contributed by atoms with Crippen molar-refractivity contribution in [3.05, 3.63) is 65.7 Å². The molecule has 26 heavy (non-hydrogen) atoms. The Kier molecular flexibility index (Phi) is 6.58. The Bertz CT molecular complexity index is 655. The van der Waals surface area contributed by atoms with E-state index < -0.39 is 12.7 Å². The average molecular weight is 361 g/mol. The van der Waals surface area contributed by atoms with Crippen molar-refractivity contribution in [2.75, 3.05) is 19.6 Å². The molecule has 140 valence electrons. The van der Waals surface area contributed by atoms with E-state index in [-0.39, 0.29) is 5.75 Å². The molecule has 1 heterocycles. The Morgan fingerprint density at radius 2 is 1.65 bits per heavy atom. The monoisotopic (exact) mass is 361 g/mol. The lowest BCUT2D eigenvalue weighted by molar-refractivity contribution is -0.0498. The Balaban J connectivity index is 1.45. The number of nitrogens with zero attached hydrogens (tertiary/aromatic N) is 1. The van der Waals surface area contributed by atoms with Crippen LogP contribution in [0.3, 0.4) is 0 Å². The zero-order valence-electron chi connectivity index (χ0n) is 14.7. The molecular formula is C21H25F2NO2. The highest BCUT2D eigenvalue weighted by atomic mass is 19.3. The molecule has 5 heteroatoms. The second-order valence-electron chi connectivity index (χ2n) is 6.90. The summed E-state index contributed by atoms with van der Waals surface area (Å²) < 4.78 is 28.7. The predicted molar refractivity (Wildman–Crippen MR) is 97.3 cm³/mol. The van der Waals surface area contributed by atoms with Gasteiger partial charge in [-0.05, 0) is 61.5 Å². The van der Waals surface area contributed by atoms with Crippen LogP contribution in [0.1, 0.15) is 30.1 Å². The van der Waals surface area contributed by atoms with Crippen LogP contribution in [0.25, 0.3) is 0 Å². The summed E-state index contributed by atoms with van der Waals surface area (Å²) in [6.07, 6.45) is 2.75. The van der Waals surface area contributed by atoms with Gasteiger partial charge in [-0.15, -0.1) is 0 Å². The van der Waals surface area contributed by atoms with Gasteiger partial charge in [-0.2, -0.15) is 8.78 Å². The van der Waals surface area contributed by atoms with E-state index in [1.54, 1.807) is 12.1 Å². The summed E-state index contributed by atoms with van der Waals surface area (Å²) in [6, 6.07) is 16.8. The van der Waals surface area contributed by atoms with Gasteiger partial charge in [-0.25, -0.2) is 0 Å². The standard InChI is InChI=1S/C21H25F2NO2/c22-21(23)26-19-8-6-18(7-9-19)20(25)15-24-12-10-17(11-13-24)14-16-4-2-1-3-5-16/h1-9,17,20-21,25H,10-15H2. The molecule has 1 saturated heterocycles. The van der Waals surface area contributed by atoms with Crippen LogP contribution < -0.4 is 4.74 Å². The molecule has 1 aliphatic heterocycles. The maximum atomic E-state index is 12.2. The smallest absolute Gasteiger partial charge is 0.387 e. The summed E-state index contributed by atoms with van der Waals surface area (Å²) in [5.74, 6) is 0.800. The van der Waals surface area contributed by atoms with Crippen LogP contribution in [0, 0.1) is 5.92 Å². The van der Waals surface area contributed by atoms with Gasteiger partial charge in [0.25, 0.3) is 0 Å². The van der Waals surface area contributed by atoms with Gasteiger partial charge in [-0.3, -0.25) is 0 Å². The van der Waals surface area contributed by atoms with Gasteiger partial charge in [0.1, 0.15) is 5.75 Å². The summed E-state index contributed by atoms with van der Waals surface area (Å²) in [5.41, 5.74) is 2.11. The summed E-state index contributed by atoms with van der Waals surface area (Å²) in [6.45, 7) is -0.321. The molecule has 0 radical (unpaired) electrons. The van der Waals surface area contributed by atoms with Crippen LogP contribution in [0.5, 0.6) is 5.75 Å². The van der Waals surface area contributed by atoms with E-state index in [0.29, 0.717) is 12.5 Å². The highest BCUT2D eigenvalue weighted by molar-refractivity contribution is 5.28. The third-order valence-corrected chi connectivity index (χ3v) is 5.00. The Labute approximate surface area is 153 Å². The van der Waals surface area contributed by atoms with Crippen molar-refractivity contribution in [3.63, 3.8) is 0 Å². The summed E-state index contributed by atoms with van der Waals surface area (Å²) >= 11 is 0. The normalized spacial score (nSPS) is 17.4. The first-order valence-corrected chi connectivity index (χ1v) is 9.09. The number of ether oxygens (including phenoxy) is 1. The predicted octanol–water partition coefficient (Wildman–Crippen LogP) is 4.28. The van der Waals surface area contributed by atoms with Gasteiger partial charge in [0, 0.05) is 6.54 Å². The average Bonchev–Trinajstić information content (AvgIpc) is 2.64. The number of alkyl halides is 2. The molecule has 0 aromatic heterocycles. The second-order valence-corrected chi connectivity index (χ2v) is 6.90. The lowest BCUT2D eigenvalue weighted by Crippen LogP contribution is -2.37. The first-order valence-electron chi connectivity index (χ1n) is 9.09. The number of benzene rings is 2. The maximum absolute atomic E-state index is 12.2. The van der Waals surface area contributed by atoms with E-state index in [9.17, 15) is 13.9 Å². The Morgan fingerprint density at radius 3 is 2.27 bits per heavy atom. The fraction of sp³-hybridized carbons (Fsp3) is 0.429. The van der Waals surface area contributed by atoms with E-state index in [2.05, 4.69) is 33.9 Å². The molecule has 0 aliphatic carbocycles. The van der Waals surface area contributed by atoms with Crippen LogP contribution in [-0.2, 0) is 6.42 Å². The lowest BCUT2D eigenvalue weighted by atomic mass is 9.90. The molecule has 2 aromatic rings. The molecule has 2 aromatic carbocycles. The molecule has 3 rings (SSSR count). The van der Waals surface area contributed by atoms with E-state index in [1.807, 2.05) is 6.07 Å². The molecule has 1 atom stereocenters. The molecule has 0 saturated carbocycles. The van der Waals surface area contributed by atoms with Crippen LogP contribution >= 0.6 is 0 Å². The first-order chi connectivity index (χ1) is 12.6. The summed E-state index contributed by atoms with van der Waals surface area (Å²) in [5, 5.41) is 10.4. The van der Waals surface area contributed by atoms with E-state index >= 15 is 0 Å². The number of hydrogen-bond donors (Lipinski definition) is 1. The number of piperidine rings is 1. The molecule has 0 bridgehead atoms. The molecule has 3 nitrogen and oxygen atoms in total. The third kappa shape index (κ3) is 5.51. The minimum atomic E-state index is -2.83. The number of rotatable bonds is 7. The van der Waals surface area contributed by atoms with E-state index in [1.165, 1.54) is 17.7 Å². The quantitative estimate of drug-likeness (QED) is 0.799. The van der Waals surface area contributed by atoms with Crippen molar-refractivity contribution < 1.29 is 18.6 Å². The van der Waals surface area contributed by atoms with Gasteiger partial charge >= 0.3 is 6.61 Å². The summed E-state index contributed by atoms with van der Waals surface area (Å²) in [7, 11) is 0. The molecular weight excluding hydrogens is 336 g/mol. The highest BCUT2D eigenvalue weighted by Gasteiger charge is 2.21. The largest absolute Gasteiger partial charge is 0.435 e. The highest BCUT2D eigenvalue weighted by Crippen LogP contribution is 2.24. The molecule has 1 aliphatic rings. The minimum absolute atomic E-state index is 0.109. The molecule has 1 fully saturated rings. The van der Waals surface area contributed by atoms with E-state index in [4.69, 9.17) is 0 Å². The second kappa shape index (κ2) is 9.10. The van der Waals surface area contributed by atoms with Crippen molar-refractivity contribution in [1.29, 1.82) is 0 Å². The van der Waals surface area contributed by atoms with Crippen molar-refractivity contribution >= 4 is 0 Å². The Morgan fingerprint density at radius 1 is 1.00 bits per heavy atom. The molecule has 0 spiro atoms. The van der Waals surface area contributed by atoms with Crippen LogP contribution in [-0.4, -0.2) is 36.3 Å². The van der Waals surface area contributed by atoms with Gasteiger partial charge in [0.2, 0.25) is 0 Å². The van der Waals surface area contributed by atoms with Crippen LogP contribution in [0.15, 0.2) is 54.6 Å². The van der Waals surface area contributed by atoms with Crippen LogP contribution in [0.4, 0.5) is 8.78 Å². The number of likely N-dealkylation sites (tertiary alicyclic amines) is 1. The third-order valence-electron chi connectivity index (χ3n) is 5.00. The van der Waals surface area contributed by atoms with Gasteiger partial charge in [-0.1, -0.05) is 42.5 Å². The molecule has 1 unspecified atom stereocenters. The molecule has 0 amide bonds. The number of hydrogen-bond acceptors (Lipinski definition) is 3. The number of β-amino-alcohol motifs (C(OH)–C–C–N with tert-alkyl or cyclic N) is 1. The summed E-state index contributed by atoms with van der Waals surface area (Å²) in [4.78, 5) is 2.27.